The number of nitrogens with one attached hydrogen (secondary N) is 1. The van der Waals surface area contributed by atoms with Crippen molar-refractivity contribution < 1.29 is 18.8 Å². The Kier molecular flexibility index (Phi) is 14.4. The molecule has 1 amide bonds. The fourth-order valence-electron chi connectivity index (χ4n) is 6.16. The molecule has 2 heterocycles. The van der Waals surface area contributed by atoms with Crippen LogP contribution in [0, 0.1) is 0 Å². The summed E-state index contributed by atoms with van der Waals surface area (Å²) in [5, 5.41) is 3.11. The van der Waals surface area contributed by atoms with E-state index < -0.39 is 11.2 Å². The zero-order valence-electron chi connectivity index (χ0n) is 29.9. The summed E-state index contributed by atoms with van der Waals surface area (Å²) in [6.45, 7) is 11.1. The number of fused-ring (bicyclic) bond motifs is 1. The Morgan fingerprint density at radius 1 is 0.900 bits per heavy atom. The van der Waals surface area contributed by atoms with Gasteiger partial charge in [-0.2, -0.15) is 0 Å². The molecule has 50 heavy (non-hydrogen) atoms. The maximum Gasteiger partial charge on any atom is 0.251 e. The Labute approximate surface area is 301 Å². The second kappa shape index (κ2) is 19.4. The van der Waals surface area contributed by atoms with Crippen LogP contribution in [0.1, 0.15) is 77.0 Å². The van der Waals surface area contributed by atoms with E-state index in [1.807, 2.05) is 36.4 Å². The van der Waals surface area contributed by atoms with Gasteiger partial charge in [0.1, 0.15) is 12.4 Å². The topological polar surface area (TPSA) is 91.7 Å². The molecule has 1 aliphatic heterocycles. The van der Waals surface area contributed by atoms with Gasteiger partial charge >= 0.3 is 0 Å². The fourth-order valence-corrected chi connectivity index (χ4v) is 7.27. The average Bonchev–Trinajstić information content (AvgIpc) is 3.59. The number of anilines is 2. The summed E-state index contributed by atoms with van der Waals surface area (Å²) in [4.78, 5) is 21.2. The minimum absolute atomic E-state index is 0.109. The first-order valence-corrected chi connectivity index (χ1v) is 19.5. The number of unbranched alkanes of at least 4 members (excludes halogenated alkanes) is 1. The van der Waals surface area contributed by atoms with Crippen LogP contribution >= 0.6 is 0 Å². The van der Waals surface area contributed by atoms with Gasteiger partial charge in [0.25, 0.3) is 5.91 Å². The number of carbonyl (C=O) groups excluding carboxylic acids is 1. The molecule has 1 aliphatic rings. The lowest BCUT2D eigenvalue weighted by molar-refractivity contribution is -0.112. The van der Waals surface area contributed by atoms with Crippen LogP contribution in [0.4, 0.5) is 11.4 Å². The lowest BCUT2D eigenvalue weighted by atomic mass is 9.98. The minimum Gasteiger partial charge on any atom is -0.611 e. The molecule has 9 heteroatoms. The van der Waals surface area contributed by atoms with E-state index in [1.54, 1.807) is 12.5 Å². The number of ether oxygens (including phenoxy) is 2. The molecule has 0 radical (unpaired) electrons. The van der Waals surface area contributed by atoms with Gasteiger partial charge in [0.05, 0.1) is 24.8 Å². The third kappa shape index (κ3) is 10.5. The van der Waals surface area contributed by atoms with Crippen molar-refractivity contribution in [2.45, 2.75) is 82.9 Å². The minimum atomic E-state index is -1.21. The maximum absolute atomic E-state index is 13.8. The van der Waals surface area contributed by atoms with E-state index >= 15 is 0 Å². The van der Waals surface area contributed by atoms with Crippen molar-refractivity contribution >= 4 is 34.5 Å². The third-order valence-corrected chi connectivity index (χ3v) is 10.2. The van der Waals surface area contributed by atoms with Crippen molar-refractivity contribution in [1.29, 1.82) is 0 Å². The predicted molar refractivity (Wildman–Crippen MR) is 205 cm³/mol. The number of hydrogen-bond acceptors (Lipinski definition) is 6. The molecule has 4 aromatic rings. The number of rotatable bonds is 17. The molecule has 5 rings (SSSR count). The van der Waals surface area contributed by atoms with E-state index in [0.717, 1.165) is 109 Å². The summed E-state index contributed by atoms with van der Waals surface area (Å²) in [6.07, 6.45) is 12.5. The number of hydrogen-bond donors (Lipinski definition) is 1. The van der Waals surface area contributed by atoms with Crippen LogP contribution < -0.4 is 15.0 Å². The smallest absolute Gasteiger partial charge is 0.251 e. The summed E-state index contributed by atoms with van der Waals surface area (Å²) in [5.41, 5.74) is 6.77. The zero-order valence-corrected chi connectivity index (χ0v) is 30.7. The van der Waals surface area contributed by atoms with Crippen LogP contribution in [0.15, 0.2) is 89.7 Å². The SMILES string of the molecule is CCCCOCCOc1ccc(-c2ccc3c(c2)/C=C(/C(=O)Nc2ccc([S+]([O-])Cc4cncn4CCC)cc2)CCCCN3CCC)cc1. The van der Waals surface area contributed by atoms with Crippen LogP contribution in [0.25, 0.3) is 17.2 Å². The van der Waals surface area contributed by atoms with E-state index in [0.29, 0.717) is 31.1 Å². The first-order chi connectivity index (χ1) is 24.5. The number of carbonyl (C=O) groups is 1. The van der Waals surface area contributed by atoms with E-state index in [-0.39, 0.29) is 5.91 Å². The zero-order chi connectivity index (χ0) is 35.1. The summed E-state index contributed by atoms with van der Waals surface area (Å²) < 4.78 is 26.7. The monoisotopic (exact) mass is 696 g/mol. The van der Waals surface area contributed by atoms with Gasteiger partial charge < -0.3 is 28.8 Å². The molecular formula is C41H52N4O4S. The number of aromatic nitrogens is 2. The summed E-state index contributed by atoms with van der Waals surface area (Å²) >= 11 is -1.21. The Hall–Kier alpha value is -4.05. The Balaban J connectivity index is 1.30. The van der Waals surface area contributed by atoms with Gasteiger partial charge in [0.15, 0.2) is 10.6 Å². The largest absolute Gasteiger partial charge is 0.611 e. The molecule has 8 nitrogen and oxygen atoms in total. The molecule has 1 atom stereocenters. The molecule has 1 unspecified atom stereocenters. The Morgan fingerprint density at radius 2 is 1.68 bits per heavy atom. The van der Waals surface area contributed by atoms with Crippen molar-refractivity contribution in [3.8, 4) is 16.9 Å². The second-order valence-corrected chi connectivity index (χ2v) is 14.2. The number of benzene rings is 3. The molecule has 0 fully saturated rings. The molecule has 0 saturated heterocycles. The highest BCUT2D eigenvalue weighted by molar-refractivity contribution is 7.90. The highest BCUT2D eigenvalue weighted by Crippen LogP contribution is 2.33. The van der Waals surface area contributed by atoms with E-state index in [9.17, 15) is 9.35 Å². The van der Waals surface area contributed by atoms with Crippen molar-refractivity contribution in [3.05, 3.63) is 96.1 Å². The van der Waals surface area contributed by atoms with Crippen molar-refractivity contribution in [1.82, 2.24) is 9.55 Å². The van der Waals surface area contributed by atoms with Gasteiger partial charge in [-0.05, 0) is 121 Å². The van der Waals surface area contributed by atoms with Gasteiger partial charge in [-0.25, -0.2) is 4.98 Å². The van der Waals surface area contributed by atoms with Gasteiger partial charge in [-0.1, -0.05) is 45.4 Å². The van der Waals surface area contributed by atoms with Crippen LogP contribution in [-0.4, -0.2) is 52.9 Å². The highest BCUT2D eigenvalue weighted by atomic mass is 32.2. The molecule has 1 aromatic heterocycles. The lowest BCUT2D eigenvalue weighted by Gasteiger charge is -2.26. The van der Waals surface area contributed by atoms with Gasteiger partial charge in [-0.3, -0.25) is 4.79 Å². The summed E-state index contributed by atoms with van der Waals surface area (Å²) in [7, 11) is 0. The molecule has 0 saturated carbocycles. The highest BCUT2D eigenvalue weighted by Gasteiger charge is 2.19. The summed E-state index contributed by atoms with van der Waals surface area (Å²) in [6, 6.07) is 22.1. The van der Waals surface area contributed by atoms with Crippen LogP contribution in [0.5, 0.6) is 5.75 Å². The standard InChI is InChI=1S/C41H52N4O4S/c1-4-7-24-48-25-26-49-38-16-11-32(12-17-38)33-13-20-40-35(27-33)28-34(10-8-9-23-44(40)21-5-2)41(46)43-36-14-18-39(19-15-36)50(47)30-37-29-42-31-45(37)22-6-3/h11-20,27-29,31H,4-10,21-26,30H2,1-3H3,(H,43,46)/b34-28+. The number of amides is 1. The summed E-state index contributed by atoms with van der Waals surface area (Å²) in [5.74, 6) is 1.12. The number of imidazole rings is 1. The van der Waals surface area contributed by atoms with Crippen LogP contribution in [0.3, 0.4) is 0 Å². The van der Waals surface area contributed by atoms with Crippen molar-refractivity contribution in [2.24, 2.45) is 0 Å². The van der Waals surface area contributed by atoms with Gasteiger partial charge in [0, 0.05) is 43.2 Å². The normalized spacial score (nSPS) is 14.9. The lowest BCUT2D eigenvalue weighted by Crippen LogP contribution is -2.25. The van der Waals surface area contributed by atoms with Crippen LogP contribution in [0.2, 0.25) is 0 Å². The average molecular weight is 697 g/mol. The maximum atomic E-state index is 13.8. The quantitative estimate of drug-likeness (QED) is 0.0876. The van der Waals surface area contributed by atoms with Gasteiger partial charge in [-0.15, -0.1) is 0 Å². The van der Waals surface area contributed by atoms with E-state index in [4.69, 9.17) is 9.47 Å². The van der Waals surface area contributed by atoms with Crippen LogP contribution in [-0.2, 0) is 33.0 Å². The molecule has 3 aromatic carbocycles. The Bertz CT molecular complexity index is 1670. The van der Waals surface area contributed by atoms with Crippen molar-refractivity contribution in [3.63, 3.8) is 0 Å². The van der Waals surface area contributed by atoms with Crippen molar-refractivity contribution in [2.75, 3.05) is 43.1 Å². The molecule has 0 aliphatic carbocycles. The molecule has 266 valence electrons. The van der Waals surface area contributed by atoms with E-state index in [1.165, 1.54) is 0 Å². The Morgan fingerprint density at radius 3 is 2.44 bits per heavy atom. The predicted octanol–water partition coefficient (Wildman–Crippen LogP) is 8.89. The number of aryl methyl sites for hydroxylation is 1. The molecule has 0 bridgehead atoms. The molecule has 1 N–H and O–H groups in total. The van der Waals surface area contributed by atoms with E-state index in [2.05, 4.69) is 76.9 Å². The fraction of sp³-hybridized carbons (Fsp3) is 0.415. The second-order valence-electron chi connectivity index (χ2n) is 12.8. The molecule has 0 spiro atoms. The number of nitrogens with zero attached hydrogens (tertiary/aromatic N) is 3. The first kappa shape index (κ1) is 37.2. The molecular weight excluding hydrogens is 645 g/mol. The third-order valence-electron chi connectivity index (χ3n) is 8.85. The van der Waals surface area contributed by atoms with Gasteiger partial charge in [0.2, 0.25) is 0 Å². The first-order valence-electron chi connectivity index (χ1n) is 18.2.